The zero-order valence-electron chi connectivity index (χ0n) is 11.6. The quantitative estimate of drug-likeness (QED) is 0.802. The van der Waals surface area contributed by atoms with E-state index in [4.69, 9.17) is 16.3 Å². The van der Waals surface area contributed by atoms with E-state index in [9.17, 15) is 8.42 Å². The third kappa shape index (κ3) is 3.27. The van der Waals surface area contributed by atoms with Crippen molar-refractivity contribution >= 4 is 21.6 Å². The van der Waals surface area contributed by atoms with Gasteiger partial charge in [0, 0.05) is 18.7 Å². The molecule has 4 nitrogen and oxygen atoms in total. The van der Waals surface area contributed by atoms with E-state index in [0.717, 1.165) is 25.7 Å². The second-order valence-electron chi connectivity index (χ2n) is 4.93. The fourth-order valence-corrected chi connectivity index (χ4v) is 4.23. The third-order valence-corrected chi connectivity index (χ3v) is 5.78. The highest BCUT2D eigenvalue weighted by Gasteiger charge is 2.25. The lowest BCUT2D eigenvalue weighted by Gasteiger charge is -2.20. The number of rotatable bonds is 4. The highest BCUT2D eigenvalue weighted by atomic mass is 35.5. The van der Waals surface area contributed by atoms with Crippen LogP contribution in [0.5, 0.6) is 5.75 Å². The second kappa shape index (κ2) is 6.78. The molecule has 1 fully saturated rings. The number of alkyl halides is 1. The lowest BCUT2D eigenvalue weighted by Crippen LogP contribution is -2.32. The van der Waals surface area contributed by atoms with Gasteiger partial charge in [0.05, 0.1) is 17.9 Å². The maximum Gasteiger partial charge on any atom is 0.243 e. The predicted octanol–water partition coefficient (Wildman–Crippen LogP) is 3.00. The maximum atomic E-state index is 12.6. The molecule has 6 heteroatoms. The monoisotopic (exact) mass is 317 g/mol. The molecule has 0 aromatic heterocycles. The Bertz CT molecular complexity index is 552. The molecule has 0 unspecified atom stereocenters. The molecule has 1 aromatic carbocycles. The highest BCUT2D eigenvalue weighted by molar-refractivity contribution is 7.89. The smallest absolute Gasteiger partial charge is 0.243 e. The first kappa shape index (κ1) is 15.6. The minimum atomic E-state index is -3.42. The standard InChI is InChI=1S/C14H20ClNO3S/c1-19-14-7-6-13(10-12(14)11-15)20(17,18)16-8-4-2-3-5-9-16/h6-7,10H,2-5,8-9,11H2,1H3. The normalized spacial score (nSPS) is 17.7. The average Bonchev–Trinajstić information content (AvgIpc) is 2.76. The SMILES string of the molecule is COc1ccc(S(=O)(=O)N2CCCCCC2)cc1CCl. The van der Waals surface area contributed by atoms with Crippen LogP contribution in [0, 0.1) is 0 Å². The van der Waals surface area contributed by atoms with Gasteiger partial charge in [-0.2, -0.15) is 4.31 Å². The van der Waals surface area contributed by atoms with Gasteiger partial charge in [0.25, 0.3) is 0 Å². The van der Waals surface area contributed by atoms with E-state index < -0.39 is 10.0 Å². The maximum absolute atomic E-state index is 12.6. The van der Waals surface area contributed by atoms with Crippen LogP contribution in [-0.4, -0.2) is 32.9 Å². The third-order valence-electron chi connectivity index (χ3n) is 3.60. The largest absolute Gasteiger partial charge is 0.496 e. The van der Waals surface area contributed by atoms with Crippen LogP contribution < -0.4 is 4.74 Å². The molecule has 0 aliphatic carbocycles. The van der Waals surface area contributed by atoms with Gasteiger partial charge in [0.15, 0.2) is 0 Å². The molecular formula is C14H20ClNO3S. The van der Waals surface area contributed by atoms with E-state index in [1.165, 1.54) is 0 Å². The Kier molecular flexibility index (Phi) is 5.29. The number of sulfonamides is 1. The molecule has 1 aliphatic rings. The van der Waals surface area contributed by atoms with Crippen molar-refractivity contribution in [1.82, 2.24) is 4.31 Å². The first-order valence-electron chi connectivity index (χ1n) is 6.82. The second-order valence-corrected chi connectivity index (χ2v) is 7.13. The molecule has 2 rings (SSSR count). The number of hydrogen-bond donors (Lipinski definition) is 0. The van der Waals surface area contributed by atoms with Crippen molar-refractivity contribution in [2.45, 2.75) is 36.5 Å². The summed E-state index contributed by atoms with van der Waals surface area (Å²) in [7, 11) is -1.87. The van der Waals surface area contributed by atoms with E-state index >= 15 is 0 Å². The summed E-state index contributed by atoms with van der Waals surface area (Å²) in [4.78, 5) is 0.302. The topological polar surface area (TPSA) is 46.6 Å². The number of nitrogens with zero attached hydrogens (tertiary/aromatic N) is 1. The number of benzene rings is 1. The molecule has 0 radical (unpaired) electrons. The fraction of sp³-hybridized carbons (Fsp3) is 0.571. The zero-order chi connectivity index (χ0) is 14.6. The fourth-order valence-electron chi connectivity index (χ4n) is 2.45. The Morgan fingerprint density at radius 2 is 1.85 bits per heavy atom. The van der Waals surface area contributed by atoms with Crippen LogP contribution in [0.1, 0.15) is 31.2 Å². The van der Waals surface area contributed by atoms with Gasteiger partial charge in [0.2, 0.25) is 10.0 Å². The summed E-state index contributed by atoms with van der Waals surface area (Å²) in [5, 5.41) is 0. The van der Waals surface area contributed by atoms with Gasteiger partial charge < -0.3 is 4.74 Å². The van der Waals surface area contributed by atoms with Crippen molar-refractivity contribution in [1.29, 1.82) is 0 Å². The van der Waals surface area contributed by atoms with Gasteiger partial charge in [0.1, 0.15) is 5.75 Å². The van der Waals surface area contributed by atoms with Crippen molar-refractivity contribution in [2.75, 3.05) is 20.2 Å². The van der Waals surface area contributed by atoms with E-state index in [1.54, 1.807) is 29.6 Å². The molecule has 1 heterocycles. The summed E-state index contributed by atoms with van der Waals surface area (Å²) < 4.78 is 32.1. The minimum absolute atomic E-state index is 0.229. The Labute approximate surface area is 125 Å². The van der Waals surface area contributed by atoms with E-state index in [0.29, 0.717) is 29.3 Å². The minimum Gasteiger partial charge on any atom is -0.496 e. The van der Waals surface area contributed by atoms with Gasteiger partial charge in [-0.05, 0) is 31.0 Å². The van der Waals surface area contributed by atoms with Crippen molar-refractivity contribution in [3.05, 3.63) is 23.8 Å². The summed E-state index contributed by atoms with van der Waals surface area (Å²) in [6.45, 7) is 1.20. The number of hydrogen-bond acceptors (Lipinski definition) is 3. The molecule has 0 N–H and O–H groups in total. The first-order chi connectivity index (χ1) is 9.59. The lowest BCUT2D eigenvalue weighted by molar-refractivity contribution is 0.409. The Balaban J connectivity index is 2.33. The van der Waals surface area contributed by atoms with Crippen LogP contribution in [-0.2, 0) is 15.9 Å². The Hall–Kier alpha value is -0.780. The first-order valence-corrected chi connectivity index (χ1v) is 8.80. The molecule has 0 amide bonds. The molecule has 1 aromatic rings. The molecule has 1 saturated heterocycles. The van der Waals surface area contributed by atoms with Gasteiger partial charge in [-0.25, -0.2) is 8.42 Å². The predicted molar refractivity (Wildman–Crippen MR) is 79.8 cm³/mol. The summed E-state index contributed by atoms with van der Waals surface area (Å²) in [5.41, 5.74) is 0.699. The molecule has 0 spiro atoms. The van der Waals surface area contributed by atoms with Crippen LogP contribution in [0.15, 0.2) is 23.1 Å². The molecule has 0 saturated carbocycles. The summed E-state index contributed by atoms with van der Waals surface area (Å²) in [5.74, 6) is 0.849. The Morgan fingerprint density at radius 3 is 2.40 bits per heavy atom. The van der Waals surface area contributed by atoms with Crippen LogP contribution in [0.3, 0.4) is 0 Å². The van der Waals surface area contributed by atoms with E-state index in [-0.39, 0.29) is 5.88 Å². The zero-order valence-corrected chi connectivity index (χ0v) is 13.2. The van der Waals surface area contributed by atoms with Gasteiger partial charge >= 0.3 is 0 Å². The van der Waals surface area contributed by atoms with E-state index in [2.05, 4.69) is 0 Å². The number of halogens is 1. The molecule has 0 atom stereocenters. The van der Waals surface area contributed by atoms with Crippen molar-refractivity contribution in [2.24, 2.45) is 0 Å². The van der Waals surface area contributed by atoms with Crippen molar-refractivity contribution < 1.29 is 13.2 Å². The van der Waals surface area contributed by atoms with Crippen LogP contribution in [0.25, 0.3) is 0 Å². The highest BCUT2D eigenvalue weighted by Crippen LogP contribution is 2.27. The summed E-state index contributed by atoms with van der Waals surface area (Å²) >= 11 is 5.86. The Morgan fingerprint density at radius 1 is 1.20 bits per heavy atom. The number of methoxy groups -OCH3 is 1. The van der Waals surface area contributed by atoms with Crippen molar-refractivity contribution in [3.8, 4) is 5.75 Å². The summed E-state index contributed by atoms with van der Waals surface area (Å²) in [6.07, 6.45) is 4.05. The molecule has 0 bridgehead atoms. The lowest BCUT2D eigenvalue weighted by atomic mass is 10.2. The van der Waals surface area contributed by atoms with Gasteiger partial charge in [-0.15, -0.1) is 11.6 Å². The van der Waals surface area contributed by atoms with Gasteiger partial charge in [-0.3, -0.25) is 0 Å². The van der Waals surface area contributed by atoms with Crippen LogP contribution >= 0.6 is 11.6 Å². The van der Waals surface area contributed by atoms with Crippen molar-refractivity contribution in [3.63, 3.8) is 0 Å². The van der Waals surface area contributed by atoms with Crippen LogP contribution in [0.4, 0.5) is 0 Å². The average molecular weight is 318 g/mol. The molecule has 1 aliphatic heterocycles. The molecule has 112 valence electrons. The molecule has 20 heavy (non-hydrogen) atoms. The summed E-state index contributed by atoms with van der Waals surface area (Å²) in [6, 6.07) is 4.88. The molecular weight excluding hydrogens is 298 g/mol. The van der Waals surface area contributed by atoms with Crippen LogP contribution in [0.2, 0.25) is 0 Å². The van der Waals surface area contributed by atoms with Gasteiger partial charge in [-0.1, -0.05) is 12.8 Å². The number of ether oxygens (including phenoxy) is 1. The van der Waals surface area contributed by atoms with E-state index in [1.807, 2.05) is 0 Å².